The van der Waals surface area contributed by atoms with Crippen molar-refractivity contribution in [2.75, 3.05) is 12.4 Å². The molecule has 0 aliphatic rings. The Hall–Kier alpha value is -1.06. The van der Waals surface area contributed by atoms with Crippen molar-refractivity contribution in [1.82, 2.24) is 10.2 Å². The van der Waals surface area contributed by atoms with Gasteiger partial charge in [-0.25, -0.2) is 0 Å². The van der Waals surface area contributed by atoms with Gasteiger partial charge < -0.3 is 9.73 Å². The fraction of sp³-hybridized carbons (Fsp3) is 0.333. The minimum Gasteiger partial charge on any atom is -0.411 e. The second-order valence-corrected chi connectivity index (χ2v) is 0.994. The zero-order valence-electron chi connectivity index (χ0n) is 3.88. The molecule has 0 bridgehead atoms. The van der Waals surface area contributed by atoms with Crippen molar-refractivity contribution in [3.05, 3.63) is 6.39 Å². The van der Waals surface area contributed by atoms with Crippen LogP contribution in [-0.4, -0.2) is 17.2 Å². The number of hydrogen-bond acceptors (Lipinski definition) is 4. The van der Waals surface area contributed by atoms with Gasteiger partial charge in [0.2, 0.25) is 6.39 Å². The Morgan fingerprint density at radius 3 is 3.00 bits per heavy atom. The highest BCUT2D eigenvalue weighted by atomic mass is 16.4. The number of nitrogens with zero attached hydrogens (tertiary/aromatic N) is 2. The van der Waals surface area contributed by atoms with Crippen LogP contribution in [0.1, 0.15) is 0 Å². The van der Waals surface area contributed by atoms with Gasteiger partial charge in [0, 0.05) is 7.05 Å². The van der Waals surface area contributed by atoms with Crippen LogP contribution in [0, 0.1) is 0 Å². The van der Waals surface area contributed by atoms with E-state index in [1.807, 2.05) is 0 Å². The molecule has 0 spiro atoms. The van der Waals surface area contributed by atoms with Crippen molar-refractivity contribution < 1.29 is 4.42 Å². The standard InChI is InChI=1S/C3H5N3O/c1-4-3-6-5-2-7-3/h2H,1H3,(H,4,6). The van der Waals surface area contributed by atoms with E-state index in [1.165, 1.54) is 6.39 Å². The van der Waals surface area contributed by atoms with Gasteiger partial charge in [0.25, 0.3) is 0 Å². The molecular weight excluding hydrogens is 94.1 g/mol. The van der Waals surface area contributed by atoms with E-state index < -0.39 is 0 Å². The summed E-state index contributed by atoms with van der Waals surface area (Å²) in [6.07, 6.45) is 1.27. The van der Waals surface area contributed by atoms with Gasteiger partial charge in [-0.15, -0.1) is 5.10 Å². The van der Waals surface area contributed by atoms with Crippen LogP contribution in [0.25, 0.3) is 0 Å². The zero-order valence-corrected chi connectivity index (χ0v) is 3.88. The quantitative estimate of drug-likeness (QED) is 0.543. The predicted molar refractivity (Wildman–Crippen MR) is 23.8 cm³/mol. The molecule has 4 nitrogen and oxygen atoms in total. The van der Waals surface area contributed by atoms with E-state index in [2.05, 4.69) is 19.9 Å². The maximum absolute atomic E-state index is 4.65. The Labute approximate surface area is 40.5 Å². The van der Waals surface area contributed by atoms with E-state index in [4.69, 9.17) is 0 Å². The van der Waals surface area contributed by atoms with E-state index in [0.29, 0.717) is 6.01 Å². The second-order valence-electron chi connectivity index (χ2n) is 0.994. The van der Waals surface area contributed by atoms with E-state index >= 15 is 0 Å². The Morgan fingerprint density at radius 2 is 2.71 bits per heavy atom. The van der Waals surface area contributed by atoms with Crippen LogP contribution in [0.3, 0.4) is 0 Å². The normalized spacial score (nSPS) is 8.71. The molecule has 0 aliphatic carbocycles. The molecule has 1 aromatic rings. The molecule has 1 N–H and O–H groups in total. The third kappa shape index (κ3) is 0.677. The maximum Gasteiger partial charge on any atom is 0.314 e. The lowest BCUT2D eigenvalue weighted by molar-refractivity contribution is 0.569. The highest BCUT2D eigenvalue weighted by Gasteiger charge is 1.86. The van der Waals surface area contributed by atoms with Crippen LogP contribution >= 0.6 is 0 Å². The zero-order chi connectivity index (χ0) is 5.11. The van der Waals surface area contributed by atoms with Crippen LogP contribution in [0.4, 0.5) is 6.01 Å². The Balaban J connectivity index is 2.76. The van der Waals surface area contributed by atoms with E-state index in [0.717, 1.165) is 0 Å². The minimum atomic E-state index is 0.444. The first-order valence-electron chi connectivity index (χ1n) is 1.87. The molecule has 0 saturated heterocycles. The van der Waals surface area contributed by atoms with Crippen molar-refractivity contribution in [2.24, 2.45) is 0 Å². The third-order valence-electron chi connectivity index (χ3n) is 0.574. The fourth-order valence-corrected chi connectivity index (χ4v) is 0.282. The fourth-order valence-electron chi connectivity index (χ4n) is 0.282. The monoisotopic (exact) mass is 99.0 g/mol. The summed E-state index contributed by atoms with van der Waals surface area (Å²) >= 11 is 0. The maximum atomic E-state index is 4.65. The Morgan fingerprint density at radius 1 is 1.86 bits per heavy atom. The highest BCUT2D eigenvalue weighted by Crippen LogP contribution is 1.93. The number of nitrogens with one attached hydrogen (secondary N) is 1. The molecule has 1 aromatic heterocycles. The summed E-state index contributed by atoms with van der Waals surface area (Å²) < 4.78 is 4.65. The molecule has 0 saturated carbocycles. The summed E-state index contributed by atoms with van der Waals surface area (Å²) in [6.45, 7) is 0. The van der Waals surface area contributed by atoms with Gasteiger partial charge in [-0.2, -0.15) is 0 Å². The first-order chi connectivity index (χ1) is 3.43. The van der Waals surface area contributed by atoms with Crippen LogP contribution in [0.15, 0.2) is 10.8 Å². The van der Waals surface area contributed by atoms with E-state index in [9.17, 15) is 0 Å². The average Bonchev–Trinajstić information content (AvgIpc) is 2.14. The lowest BCUT2D eigenvalue weighted by atomic mass is 11.1. The summed E-state index contributed by atoms with van der Waals surface area (Å²) in [5.41, 5.74) is 0. The first kappa shape index (κ1) is 4.11. The first-order valence-corrected chi connectivity index (χ1v) is 1.87. The summed E-state index contributed by atoms with van der Waals surface area (Å²) in [7, 11) is 1.72. The molecule has 1 heterocycles. The molecule has 7 heavy (non-hydrogen) atoms. The van der Waals surface area contributed by atoms with Gasteiger partial charge in [-0.1, -0.05) is 5.10 Å². The third-order valence-corrected chi connectivity index (χ3v) is 0.574. The van der Waals surface area contributed by atoms with Crippen molar-refractivity contribution in [1.29, 1.82) is 0 Å². The van der Waals surface area contributed by atoms with Gasteiger partial charge in [0.05, 0.1) is 0 Å². The lowest BCUT2D eigenvalue weighted by Gasteiger charge is -1.81. The number of hydrogen-bond donors (Lipinski definition) is 1. The number of rotatable bonds is 1. The largest absolute Gasteiger partial charge is 0.411 e. The van der Waals surface area contributed by atoms with Crippen molar-refractivity contribution >= 4 is 6.01 Å². The molecular formula is C3H5N3O. The minimum absolute atomic E-state index is 0.444. The molecule has 4 heteroatoms. The molecule has 0 radical (unpaired) electrons. The second kappa shape index (κ2) is 1.59. The summed E-state index contributed by atoms with van der Waals surface area (Å²) in [5.74, 6) is 0. The molecule has 38 valence electrons. The van der Waals surface area contributed by atoms with Crippen molar-refractivity contribution in [3.63, 3.8) is 0 Å². The van der Waals surface area contributed by atoms with Crippen LogP contribution in [0.2, 0.25) is 0 Å². The molecule has 0 atom stereocenters. The predicted octanol–water partition coefficient (Wildman–Crippen LogP) is 0.111. The van der Waals surface area contributed by atoms with Crippen molar-refractivity contribution in [3.8, 4) is 0 Å². The Kier molecular flexibility index (Phi) is 0.934. The van der Waals surface area contributed by atoms with E-state index in [-0.39, 0.29) is 0 Å². The molecule has 1 rings (SSSR count). The van der Waals surface area contributed by atoms with Crippen LogP contribution < -0.4 is 5.32 Å². The molecule has 0 unspecified atom stereocenters. The average molecular weight is 99.1 g/mol. The summed E-state index contributed by atoms with van der Waals surface area (Å²) in [5, 5.41) is 9.59. The summed E-state index contributed by atoms with van der Waals surface area (Å²) in [6, 6.07) is 0.444. The molecule has 0 aliphatic heterocycles. The van der Waals surface area contributed by atoms with Gasteiger partial charge in [0.15, 0.2) is 0 Å². The number of aromatic nitrogens is 2. The van der Waals surface area contributed by atoms with Gasteiger partial charge in [0.1, 0.15) is 0 Å². The van der Waals surface area contributed by atoms with Gasteiger partial charge >= 0.3 is 6.01 Å². The molecule has 0 amide bonds. The molecule has 0 fully saturated rings. The molecule has 0 aromatic carbocycles. The number of anilines is 1. The lowest BCUT2D eigenvalue weighted by Crippen LogP contribution is -1.85. The Bertz CT molecular complexity index is 125. The smallest absolute Gasteiger partial charge is 0.314 e. The van der Waals surface area contributed by atoms with E-state index in [1.54, 1.807) is 7.05 Å². The van der Waals surface area contributed by atoms with Crippen LogP contribution in [0.5, 0.6) is 0 Å². The van der Waals surface area contributed by atoms with Crippen molar-refractivity contribution in [2.45, 2.75) is 0 Å². The SMILES string of the molecule is CNc1nnco1. The topological polar surface area (TPSA) is 51.0 Å². The van der Waals surface area contributed by atoms with Gasteiger partial charge in [-0.3, -0.25) is 0 Å². The van der Waals surface area contributed by atoms with Crippen LogP contribution in [-0.2, 0) is 0 Å². The van der Waals surface area contributed by atoms with Gasteiger partial charge in [-0.05, 0) is 0 Å². The highest BCUT2D eigenvalue weighted by molar-refractivity contribution is 5.12. The summed E-state index contributed by atoms with van der Waals surface area (Å²) in [4.78, 5) is 0.